The van der Waals surface area contributed by atoms with Crippen molar-refractivity contribution in [3.05, 3.63) is 65.6 Å². The molecule has 1 aliphatic heterocycles. The molecule has 0 radical (unpaired) electrons. The highest BCUT2D eigenvalue weighted by atomic mass is 16.1. The van der Waals surface area contributed by atoms with Crippen molar-refractivity contribution >= 4 is 39.8 Å². The van der Waals surface area contributed by atoms with Gasteiger partial charge in [0.15, 0.2) is 5.82 Å². The van der Waals surface area contributed by atoms with Crippen molar-refractivity contribution in [3.63, 3.8) is 0 Å². The first kappa shape index (κ1) is 25.1. The minimum Gasteiger partial charge on any atom is -0.383 e. The summed E-state index contributed by atoms with van der Waals surface area (Å²) >= 11 is 0. The van der Waals surface area contributed by atoms with E-state index in [1.165, 1.54) is 19.3 Å². The summed E-state index contributed by atoms with van der Waals surface area (Å²) in [6.07, 6.45) is 9.24. The second kappa shape index (κ2) is 10.5. The van der Waals surface area contributed by atoms with Crippen molar-refractivity contribution < 1.29 is 4.79 Å². The SMILES string of the molecule is CCc1cc(NC(=O)C2CCC2)cc(-c2cnc(N)c(C(=N)c3nc4c(N5CCCCC5)cccc4[nH]3)c2)c1. The Labute approximate surface area is 228 Å². The fraction of sp³-hybridized carbons (Fsp3) is 0.355. The molecule has 0 unspecified atom stereocenters. The highest BCUT2D eigenvalue weighted by Crippen LogP contribution is 2.32. The van der Waals surface area contributed by atoms with E-state index in [4.69, 9.17) is 16.1 Å². The van der Waals surface area contributed by atoms with Gasteiger partial charge in [0.2, 0.25) is 5.91 Å². The molecule has 200 valence electrons. The molecule has 39 heavy (non-hydrogen) atoms. The Morgan fingerprint density at radius 3 is 2.67 bits per heavy atom. The van der Waals surface area contributed by atoms with Gasteiger partial charge in [-0.15, -0.1) is 0 Å². The lowest BCUT2D eigenvalue weighted by Gasteiger charge is -2.28. The molecule has 1 amide bonds. The monoisotopic (exact) mass is 521 g/mol. The Balaban J connectivity index is 1.32. The maximum Gasteiger partial charge on any atom is 0.227 e. The molecule has 1 aliphatic carbocycles. The number of piperidine rings is 1. The molecule has 1 saturated heterocycles. The van der Waals surface area contributed by atoms with Crippen LogP contribution >= 0.6 is 0 Å². The number of pyridine rings is 1. The number of amides is 1. The molecule has 0 atom stereocenters. The van der Waals surface area contributed by atoms with Gasteiger partial charge in [0.05, 0.1) is 11.2 Å². The van der Waals surface area contributed by atoms with Gasteiger partial charge in [-0.05, 0) is 80.0 Å². The zero-order valence-corrected chi connectivity index (χ0v) is 22.4. The zero-order valence-electron chi connectivity index (χ0n) is 22.4. The van der Waals surface area contributed by atoms with Crippen LogP contribution in [0.4, 0.5) is 17.2 Å². The van der Waals surface area contributed by atoms with E-state index in [2.05, 4.69) is 39.2 Å². The van der Waals surface area contributed by atoms with E-state index in [9.17, 15) is 4.79 Å². The average molecular weight is 522 g/mol. The Bertz CT molecular complexity index is 1550. The first-order valence-electron chi connectivity index (χ1n) is 14.0. The van der Waals surface area contributed by atoms with Crippen LogP contribution < -0.4 is 16.0 Å². The number of benzene rings is 2. The van der Waals surface area contributed by atoms with Gasteiger partial charge in [-0.25, -0.2) is 9.97 Å². The quantitative estimate of drug-likeness (QED) is 0.225. The fourth-order valence-corrected chi connectivity index (χ4v) is 5.54. The van der Waals surface area contributed by atoms with Gasteiger partial charge in [-0.1, -0.05) is 25.5 Å². The van der Waals surface area contributed by atoms with E-state index in [0.29, 0.717) is 11.4 Å². The molecule has 4 aromatic rings. The van der Waals surface area contributed by atoms with Crippen LogP contribution in [0.3, 0.4) is 0 Å². The predicted molar refractivity (Wildman–Crippen MR) is 158 cm³/mol. The fourth-order valence-electron chi connectivity index (χ4n) is 5.54. The second-order valence-corrected chi connectivity index (χ2v) is 10.7. The van der Waals surface area contributed by atoms with Gasteiger partial charge in [-0.2, -0.15) is 0 Å². The number of carbonyl (C=O) groups is 1. The largest absolute Gasteiger partial charge is 0.383 e. The number of H-pyrrole nitrogens is 1. The van der Waals surface area contributed by atoms with Crippen LogP contribution in [-0.2, 0) is 11.2 Å². The zero-order chi connectivity index (χ0) is 26.9. The number of para-hydroxylation sites is 1. The van der Waals surface area contributed by atoms with Gasteiger partial charge in [0, 0.05) is 42.0 Å². The van der Waals surface area contributed by atoms with Crippen LogP contribution in [0.25, 0.3) is 22.2 Å². The number of anilines is 3. The highest BCUT2D eigenvalue weighted by molar-refractivity contribution is 6.13. The minimum atomic E-state index is 0.0900. The van der Waals surface area contributed by atoms with Crippen LogP contribution in [0, 0.1) is 11.3 Å². The number of aryl methyl sites for hydroxylation is 1. The first-order valence-corrected chi connectivity index (χ1v) is 14.0. The number of imidazole rings is 1. The molecule has 2 aromatic heterocycles. The van der Waals surface area contributed by atoms with Crippen LogP contribution in [0.15, 0.2) is 48.7 Å². The molecule has 5 N–H and O–H groups in total. The van der Waals surface area contributed by atoms with Gasteiger partial charge >= 0.3 is 0 Å². The molecule has 2 aliphatic rings. The van der Waals surface area contributed by atoms with E-state index in [1.807, 2.05) is 30.3 Å². The number of carbonyl (C=O) groups excluding carboxylic acids is 1. The van der Waals surface area contributed by atoms with Crippen LogP contribution in [-0.4, -0.2) is 39.7 Å². The Hall–Kier alpha value is -4.20. The molecule has 2 fully saturated rings. The number of hydrogen-bond donors (Lipinski definition) is 4. The van der Waals surface area contributed by atoms with Crippen molar-refractivity contribution in [2.75, 3.05) is 29.0 Å². The molecule has 2 aromatic carbocycles. The third-order valence-electron chi connectivity index (χ3n) is 8.09. The summed E-state index contributed by atoms with van der Waals surface area (Å²) in [5.74, 6) is 0.955. The lowest BCUT2D eigenvalue weighted by atomic mass is 9.85. The lowest BCUT2D eigenvalue weighted by molar-refractivity contribution is -0.122. The minimum absolute atomic E-state index is 0.0900. The third-order valence-corrected chi connectivity index (χ3v) is 8.09. The van der Waals surface area contributed by atoms with Crippen LogP contribution in [0.2, 0.25) is 0 Å². The van der Waals surface area contributed by atoms with Crippen molar-refractivity contribution in [2.24, 2.45) is 5.92 Å². The van der Waals surface area contributed by atoms with Gasteiger partial charge < -0.3 is 20.9 Å². The normalized spacial score (nSPS) is 15.8. The standard InChI is InChI=1S/C31H35N7O/c1-2-19-14-21(16-23(15-19)35-31(39)20-8-6-9-20)22-17-24(29(33)34-18-22)27(32)30-36-25-10-7-11-26(28(25)37-30)38-12-4-3-5-13-38/h7,10-11,14-18,20,32H,2-6,8-9,12-13H2,1H3,(H2,33,34)(H,35,39)(H,36,37). The molecule has 0 spiro atoms. The number of aromatic amines is 1. The number of nitrogens with one attached hydrogen (secondary N) is 3. The second-order valence-electron chi connectivity index (χ2n) is 10.7. The molecule has 1 saturated carbocycles. The Morgan fingerprint density at radius 1 is 1.10 bits per heavy atom. The molecular formula is C31H35N7O. The van der Waals surface area contributed by atoms with Crippen molar-refractivity contribution in [3.8, 4) is 11.1 Å². The number of fused-ring (bicyclic) bond motifs is 1. The van der Waals surface area contributed by atoms with E-state index in [-0.39, 0.29) is 23.4 Å². The number of aromatic nitrogens is 3. The topological polar surface area (TPSA) is 124 Å². The summed E-state index contributed by atoms with van der Waals surface area (Å²) in [5, 5.41) is 12.1. The van der Waals surface area contributed by atoms with E-state index in [1.54, 1.807) is 6.20 Å². The van der Waals surface area contributed by atoms with Crippen molar-refractivity contribution in [2.45, 2.75) is 51.9 Å². The number of hydrogen-bond acceptors (Lipinski definition) is 6. The van der Waals surface area contributed by atoms with Gasteiger partial charge in [0.25, 0.3) is 0 Å². The molecule has 6 rings (SSSR count). The Morgan fingerprint density at radius 2 is 1.92 bits per heavy atom. The summed E-state index contributed by atoms with van der Waals surface area (Å²) in [6.45, 7) is 4.15. The predicted octanol–water partition coefficient (Wildman–Crippen LogP) is 5.91. The summed E-state index contributed by atoms with van der Waals surface area (Å²) in [4.78, 5) is 27.6. The molecule has 8 nitrogen and oxygen atoms in total. The summed E-state index contributed by atoms with van der Waals surface area (Å²) in [5.41, 5.74) is 13.6. The molecule has 0 bridgehead atoms. The smallest absolute Gasteiger partial charge is 0.227 e. The van der Waals surface area contributed by atoms with Crippen LogP contribution in [0.5, 0.6) is 0 Å². The summed E-state index contributed by atoms with van der Waals surface area (Å²) in [7, 11) is 0. The number of nitrogen functional groups attached to an aromatic ring is 1. The number of rotatable bonds is 7. The van der Waals surface area contributed by atoms with E-state index < -0.39 is 0 Å². The Kier molecular flexibility index (Phi) is 6.77. The number of nitrogens with two attached hydrogens (primary N) is 1. The molecular weight excluding hydrogens is 486 g/mol. The van der Waals surface area contributed by atoms with Crippen molar-refractivity contribution in [1.29, 1.82) is 5.41 Å². The summed E-state index contributed by atoms with van der Waals surface area (Å²) in [6, 6.07) is 14.2. The average Bonchev–Trinajstić information content (AvgIpc) is 3.37. The maximum atomic E-state index is 12.6. The molecule has 3 heterocycles. The van der Waals surface area contributed by atoms with E-state index in [0.717, 1.165) is 77.9 Å². The molecule has 8 heteroatoms. The van der Waals surface area contributed by atoms with Crippen LogP contribution in [0.1, 0.15) is 62.4 Å². The van der Waals surface area contributed by atoms with E-state index >= 15 is 0 Å². The lowest BCUT2D eigenvalue weighted by Crippen LogP contribution is -2.29. The third kappa shape index (κ3) is 4.99. The van der Waals surface area contributed by atoms with Gasteiger partial charge in [-0.3, -0.25) is 10.2 Å². The number of nitrogens with zero attached hydrogens (tertiary/aromatic N) is 3. The maximum absolute atomic E-state index is 12.6. The van der Waals surface area contributed by atoms with Crippen molar-refractivity contribution in [1.82, 2.24) is 15.0 Å². The van der Waals surface area contributed by atoms with Gasteiger partial charge in [0.1, 0.15) is 17.0 Å². The highest BCUT2D eigenvalue weighted by Gasteiger charge is 2.25. The summed E-state index contributed by atoms with van der Waals surface area (Å²) < 4.78 is 0. The first-order chi connectivity index (χ1) is 19.0.